The molecule has 0 aliphatic carbocycles. The van der Waals surface area contributed by atoms with Gasteiger partial charge in [-0.1, -0.05) is 6.92 Å². The van der Waals surface area contributed by atoms with Gasteiger partial charge in [0.25, 0.3) is 0 Å². The zero-order valence-electron chi connectivity index (χ0n) is 18.4. The lowest BCUT2D eigenvalue weighted by molar-refractivity contribution is 0.0813. The number of likely N-dealkylation sites (tertiary alicyclic amines) is 1. The zero-order valence-corrected chi connectivity index (χ0v) is 18.4. The molecule has 0 unspecified atom stereocenters. The predicted octanol–water partition coefficient (Wildman–Crippen LogP) is 2.63. The standard InChI is InChI=1S/C23H29N7O/c1-16-20(17-8-21(31-3)22-18(9-24)10-26-29(22)12-17)11-27-30(16)19-4-6-28(7-5-19)15-23(2)13-25-14-23/h8,10-12,19,25H,4-7,13-15H2,1-3H3. The molecule has 0 atom stereocenters. The smallest absolute Gasteiger partial charge is 0.146 e. The SMILES string of the molecule is COc1cc(-c2cnn(C3CCN(CC4(C)CNC4)CC3)c2C)cn2ncc(C#N)c12. The first-order chi connectivity index (χ1) is 15.0. The minimum atomic E-state index is 0.429. The lowest BCUT2D eigenvalue weighted by Crippen LogP contribution is -2.57. The van der Waals surface area contributed by atoms with Crippen molar-refractivity contribution in [2.24, 2.45) is 5.41 Å². The number of methoxy groups -OCH3 is 1. The summed E-state index contributed by atoms with van der Waals surface area (Å²) in [5.41, 5.74) is 4.86. The molecule has 2 saturated heterocycles. The van der Waals surface area contributed by atoms with Gasteiger partial charge in [-0.25, -0.2) is 4.52 Å². The zero-order chi connectivity index (χ0) is 21.6. The fraction of sp³-hybridized carbons (Fsp3) is 0.522. The fourth-order valence-corrected chi connectivity index (χ4v) is 5.07. The Labute approximate surface area is 182 Å². The maximum Gasteiger partial charge on any atom is 0.146 e. The van der Waals surface area contributed by atoms with Crippen molar-refractivity contribution in [1.82, 2.24) is 29.6 Å². The highest BCUT2D eigenvalue weighted by atomic mass is 16.5. The summed E-state index contributed by atoms with van der Waals surface area (Å²) in [7, 11) is 1.62. The Kier molecular flexibility index (Phi) is 4.95. The van der Waals surface area contributed by atoms with Crippen LogP contribution in [0.4, 0.5) is 0 Å². The first-order valence-electron chi connectivity index (χ1n) is 10.9. The lowest BCUT2D eigenvalue weighted by Gasteiger charge is -2.44. The number of hydrogen-bond donors (Lipinski definition) is 1. The number of ether oxygens (including phenoxy) is 1. The van der Waals surface area contributed by atoms with Gasteiger partial charge in [0.05, 0.1) is 25.5 Å². The minimum absolute atomic E-state index is 0.429. The fourth-order valence-electron chi connectivity index (χ4n) is 5.07. The van der Waals surface area contributed by atoms with Crippen LogP contribution >= 0.6 is 0 Å². The number of aromatic nitrogens is 4. The second-order valence-electron chi connectivity index (χ2n) is 9.27. The molecule has 0 aromatic carbocycles. The largest absolute Gasteiger partial charge is 0.494 e. The summed E-state index contributed by atoms with van der Waals surface area (Å²) in [5.74, 6) is 0.644. The molecule has 0 amide bonds. The van der Waals surface area contributed by atoms with Crippen molar-refractivity contribution in [3.05, 3.63) is 35.9 Å². The number of pyridine rings is 1. The molecule has 0 radical (unpaired) electrons. The van der Waals surface area contributed by atoms with Crippen molar-refractivity contribution in [3.63, 3.8) is 0 Å². The Balaban J connectivity index is 1.37. The van der Waals surface area contributed by atoms with Crippen LogP contribution < -0.4 is 10.1 Å². The van der Waals surface area contributed by atoms with Crippen LogP contribution in [-0.2, 0) is 0 Å². The van der Waals surface area contributed by atoms with Crippen LogP contribution in [0.5, 0.6) is 5.75 Å². The van der Waals surface area contributed by atoms with Gasteiger partial charge in [0.1, 0.15) is 22.9 Å². The first kappa shape index (κ1) is 20.0. The normalized spacial score (nSPS) is 19.3. The van der Waals surface area contributed by atoms with Crippen LogP contribution in [0.25, 0.3) is 16.6 Å². The van der Waals surface area contributed by atoms with Gasteiger partial charge in [0.2, 0.25) is 0 Å². The van der Waals surface area contributed by atoms with Crippen LogP contribution in [0.1, 0.15) is 37.1 Å². The highest BCUT2D eigenvalue weighted by Crippen LogP contribution is 2.34. The van der Waals surface area contributed by atoms with Gasteiger partial charge in [-0.3, -0.25) is 4.68 Å². The number of fused-ring (bicyclic) bond motifs is 1. The Morgan fingerprint density at radius 3 is 2.68 bits per heavy atom. The Morgan fingerprint density at radius 2 is 2.03 bits per heavy atom. The average molecular weight is 420 g/mol. The number of rotatable bonds is 5. The van der Waals surface area contributed by atoms with Gasteiger partial charge in [-0.2, -0.15) is 15.5 Å². The monoisotopic (exact) mass is 419 g/mol. The molecule has 31 heavy (non-hydrogen) atoms. The van der Waals surface area contributed by atoms with E-state index in [-0.39, 0.29) is 0 Å². The third-order valence-electron chi connectivity index (χ3n) is 6.88. The first-order valence-corrected chi connectivity index (χ1v) is 10.9. The van der Waals surface area contributed by atoms with E-state index in [1.54, 1.807) is 17.8 Å². The quantitative estimate of drug-likeness (QED) is 0.685. The van der Waals surface area contributed by atoms with E-state index in [4.69, 9.17) is 9.84 Å². The molecular weight excluding hydrogens is 390 g/mol. The van der Waals surface area contributed by atoms with Crippen LogP contribution in [0.2, 0.25) is 0 Å². The summed E-state index contributed by atoms with van der Waals surface area (Å²) in [6, 6.07) is 4.58. The lowest BCUT2D eigenvalue weighted by atomic mass is 9.83. The van der Waals surface area contributed by atoms with Crippen molar-refractivity contribution in [1.29, 1.82) is 5.26 Å². The van der Waals surface area contributed by atoms with E-state index in [1.165, 1.54) is 6.54 Å². The maximum atomic E-state index is 9.34. The molecule has 3 aromatic rings. The van der Waals surface area contributed by atoms with Gasteiger partial charge >= 0.3 is 0 Å². The number of nitriles is 1. The Morgan fingerprint density at radius 1 is 1.26 bits per heavy atom. The van der Waals surface area contributed by atoms with E-state index in [0.717, 1.165) is 55.8 Å². The predicted molar refractivity (Wildman–Crippen MR) is 118 cm³/mol. The van der Waals surface area contributed by atoms with Gasteiger partial charge in [0.15, 0.2) is 0 Å². The van der Waals surface area contributed by atoms with E-state index in [2.05, 4.69) is 39.9 Å². The second kappa shape index (κ2) is 7.66. The molecule has 162 valence electrons. The molecular formula is C23H29N7O. The third-order valence-corrected chi connectivity index (χ3v) is 6.88. The molecule has 8 heteroatoms. The minimum Gasteiger partial charge on any atom is -0.494 e. The van der Waals surface area contributed by atoms with Crippen LogP contribution in [0, 0.1) is 23.7 Å². The average Bonchev–Trinajstić information content (AvgIpc) is 3.35. The summed E-state index contributed by atoms with van der Waals surface area (Å²) in [4.78, 5) is 2.61. The molecule has 2 aliphatic heterocycles. The summed E-state index contributed by atoms with van der Waals surface area (Å²) >= 11 is 0. The van der Waals surface area contributed by atoms with Crippen LogP contribution in [0.15, 0.2) is 24.7 Å². The van der Waals surface area contributed by atoms with Crippen molar-refractivity contribution in [2.75, 3.05) is 39.8 Å². The molecule has 1 N–H and O–H groups in total. The van der Waals surface area contributed by atoms with E-state index >= 15 is 0 Å². The maximum absolute atomic E-state index is 9.34. The third kappa shape index (κ3) is 3.48. The highest BCUT2D eigenvalue weighted by Gasteiger charge is 2.35. The van der Waals surface area contributed by atoms with Gasteiger partial charge < -0.3 is 15.0 Å². The van der Waals surface area contributed by atoms with Gasteiger partial charge in [0, 0.05) is 61.2 Å². The summed E-state index contributed by atoms with van der Waals surface area (Å²) in [6.45, 7) is 10.2. The van der Waals surface area contributed by atoms with Gasteiger partial charge in [-0.05, 0) is 25.8 Å². The molecule has 0 spiro atoms. The Hall–Kier alpha value is -2.89. The van der Waals surface area contributed by atoms with E-state index < -0.39 is 0 Å². The van der Waals surface area contributed by atoms with Crippen LogP contribution in [-0.4, -0.2) is 64.1 Å². The van der Waals surface area contributed by atoms with Crippen molar-refractivity contribution < 1.29 is 4.74 Å². The molecule has 5 rings (SSSR count). The van der Waals surface area contributed by atoms with E-state index in [1.807, 2.05) is 18.5 Å². The topological polar surface area (TPSA) is 83.4 Å². The number of nitrogens with one attached hydrogen (secondary N) is 1. The number of piperidine rings is 1. The van der Waals surface area contributed by atoms with Gasteiger partial charge in [-0.15, -0.1) is 0 Å². The molecule has 0 saturated carbocycles. The van der Waals surface area contributed by atoms with Crippen molar-refractivity contribution >= 4 is 5.52 Å². The molecule has 8 nitrogen and oxygen atoms in total. The van der Waals surface area contributed by atoms with Crippen molar-refractivity contribution in [3.8, 4) is 22.9 Å². The Bertz CT molecular complexity index is 1140. The van der Waals surface area contributed by atoms with Crippen LogP contribution in [0.3, 0.4) is 0 Å². The number of nitrogens with zero attached hydrogens (tertiary/aromatic N) is 6. The van der Waals surface area contributed by atoms with E-state index in [0.29, 0.717) is 28.3 Å². The molecule has 3 aromatic heterocycles. The number of hydrogen-bond acceptors (Lipinski definition) is 6. The second-order valence-corrected chi connectivity index (χ2v) is 9.27. The molecule has 0 bridgehead atoms. The van der Waals surface area contributed by atoms with E-state index in [9.17, 15) is 5.26 Å². The summed E-state index contributed by atoms with van der Waals surface area (Å²) in [5, 5.41) is 21.8. The molecule has 5 heterocycles. The highest BCUT2D eigenvalue weighted by molar-refractivity contribution is 5.75. The summed E-state index contributed by atoms with van der Waals surface area (Å²) in [6.07, 6.45) is 7.71. The molecule has 2 fully saturated rings. The summed E-state index contributed by atoms with van der Waals surface area (Å²) < 4.78 is 9.48. The van der Waals surface area contributed by atoms with Crippen molar-refractivity contribution in [2.45, 2.75) is 32.7 Å². The molecule has 2 aliphatic rings.